The van der Waals surface area contributed by atoms with Crippen molar-refractivity contribution in [2.45, 2.75) is 31.3 Å². The molecule has 1 heterocycles. The van der Waals surface area contributed by atoms with Crippen LogP contribution in [0.1, 0.15) is 19.3 Å². The number of allylic oxidation sites excluding steroid dienone is 2. The van der Waals surface area contributed by atoms with Crippen molar-refractivity contribution in [2.24, 2.45) is 11.5 Å². The van der Waals surface area contributed by atoms with E-state index in [2.05, 4.69) is 35.3 Å². The van der Waals surface area contributed by atoms with Gasteiger partial charge in [-0.2, -0.15) is 0 Å². The zero-order chi connectivity index (χ0) is 11.8. The molecule has 3 heteroatoms. The highest BCUT2D eigenvalue weighted by Gasteiger charge is 2.31. The molecule has 1 fully saturated rings. The van der Waals surface area contributed by atoms with Crippen LogP contribution in [0, 0.1) is 0 Å². The molecule has 0 aromatic carbocycles. The van der Waals surface area contributed by atoms with Crippen LogP contribution in [0.3, 0.4) is 0 Å². The Bertz CT molecular complexity index is 442. The van der Waals surface area contributed by atoms with Crippen molar-refractivity contribution >= 4 is 0 Å². The molecule has 0 amide bonds. The fraction of sp³-hybridized carbons (Fsp3) is 0.429. The maximum atomic E-state index is 5.86. The Labute approximate surface area is 102 Å². The maximum absolute atomic E-state index is 5.86. The molecule has 2 aliphatic carbocycles. The molecule has 1 saturated heterocycles. The number of rotatable bonds is 1. The minimum atomic E-state index is 0.193. The predicted octanol–water partition coefficient (Wildman–Crippen LogP) is 1.40. The zero-order valence-corrected chi connectivity index (χ0v) is 9.97. The van der Waals surface area contributed by atoms with E-state index in [9.17, 15) is 0 Å². The summed E-state index contributed by atoms with van der Waals surface area (Å²) in [7, 11) is 0. The van der Waals surface area contributed by atoms with Crippen LogP contribution in [0.5, 0.6) is 0 Å². The van der Waals surface area contributed by atoms with Gasteiger partial charge in [-0.05, 0) is 37.0 Å². The molecule has 17 heavy (non-hydrogen) atoms. The zero-order valence-electron chi connectivity index (χ0n) is 9.97. The van der Waals surface area contributed by atoms with Gasteiger partial charge in [-0.3, -0.25) is 0 Å². The third-order valence-electron chi connectivity index (χ3n) is 3.82. The van der Waals surface area contributed by atoms with Crippen LogP contribution in [0.2, 0.25) is 0 Å². The lowest BCUT2D eigenvalue weighted by molar-refractivity contribution is 0.346. The van der Waals surface area contributed by atoms with Crippen molar-refractivity contribution in [3.05, 3.63) is 47.3 Å². The van der Waals surface area contributed by atoms with E-state index in [0.717, 1.165) is 31.5 Å². The Kier molecular flexibility index (Phi) is 2.56. The van der Waals surface area contributed by atoms with Gasteiger partial charge in [-0.15, -0.1) is 0 Å². The van der Waals surface area contributed by atoms with Gasteiger partial charge >= 0.3 is 0 Å². The summed E-state index contributed by atoms with van der Waals surface area (Å²) in [5, 5.41) is 0. The fourth-order valence-electron chi connectivity index (χ4n) is 2.89. The molecule has 3 rings (SSSR count). The quantitative estimate of drug-likeness (QED) is 0.714. The summed E-state index contributed by atoms with van der Waals surface area (Å²) in [6.45, 7) is 1.10. The molecule has 0 saturated carbocycles. The Morgan fingerprint density at radius 3 is 2.88 bits per heavy atom. The first-order chi connectivity index (χ1) is 8.24. The Morgan fingerprint density at radius 2 is 2.12 bits per heavy atom. The molecule has 0 aromatic heterocycles. The molecule has 3 aliphatic rings. The summed E-state index contributed by atoms with van der Waals surface area (Å²) in [6.07, 6.45) is 13.9. The van der Waals surface area contributed by atoms with Gasteiger partial charge in [0.25, 0.3) is 0 Å². The molecule has 0 aromatic rings. The normalized spacial score (nSPS) is 31.8. The molecule has 0 spiro atoms. The molecular weight excluding hydrogens is 210 g/mol. The minimum absolute atomic E-state index is 0.193. The van der Waals surface area contributed by atoms with Gasteiger partial charge < -0.3 is 16.4 Å². The highest BCUT2D eigenvalue weighted by atomic mass is 15.2. The Balaban J connectivity index is 1.80. The lowest BCUT2D eigenvalue weighted by atomic mass is 9.97. The topological polar surface area (TPSA) is 55.3 Å². The van der Waals surface area contributed by atoms with Gasteiger partial charge in [0.15, 0.2) is 0 Å². The lowest BCUT2D eigenvalue weighted by Crippen LogP contribution is -2.31. The largest absolute Gasteiger partial charge is 0.399 e. The van der Waals surface area contributed by atoms with E-state index in [-0.39, 0.29) is 6.04 Å². The summed E-state index contributed by atoms with van der Waals surface area (Å²) in [6, 6.07) is 0.714. The van der Waals surface area contributed by atoms with Crippen molar-refractivity contribution in [3.8, 4) is 0 Å². The second-order valence-corrected chi connectivity index (χ2v) is 5.01. The van der Waals surface area contributed by atoms with Crippen LogP contribution in [-0.4, -0.2) is 23.5 Å². The first-order valence-corrected chi connectivity index (χ1v) is 6.31. The molecule has 1 aliphatic heterocycles. The third-order valence-corrected chi connectivity index (χ3v) is 3.82. The van der Waals surface area contributed by atoms with Crippen LogP contribution >= 0.6 is 0 Å². The standard InChI is InChI=1S/C14H19N3/c15-11-1-4-13(5-2-11)17-8-7-10-9-12(16)3-6-14(10)17/h1,3-5,9,11,14H,2,6-8,15-16H2. The first kappa shape index (κ1) is 10.7. The molecule has 4 N–H and O–H groups in total. The SMILES string of the molecule is NC1=CCC2C(=C1)CCN2C1=CCC(N)C=C1. The summed E-state index contributed by atoms with van der Waals surface area (Å²) in [4.78, 5) is 2.48. The summed E-state index contributed by atoms with van der Waals surface area (Å²) in [5.41, 5.74) is 15.4. The highest BCUT2D eigenvalue weighted by Crippen LogP contribution is 2.34. The van der Waals surface area contributed by atoms with Gasteiger partial charge in [0.1, 0.15) is 0 Å². The van der Waals surface area contributed by atoms with Crippen molar-refractivity contribution in [1.82, 2.24) is 4.90 Å². The molecular formula is C14H19N3. The number of hydrogen-bond acceptors (Lipinski definition) is 3. The molecule has 2 unspecified atom stereocenters. The minimum Gasteiger partial charge on any atom is -0.399 e. The van der Waals surface area contributed by atoms with E-state index in [0.29, 0.717) is 6.04 Å². The summed E-state index contributed by atoms with van der Waals surface area (Å²) in [5.74, 6) is 0. The maximum Gasteiger partial charge on any atom is 0.0542 e. The van der Waals surface area contributed by atoms with Crippen LogP contribution in [0.4, 0.5) is 0 Å². The average Bonchev–Trinajstić information content (AvgIpc) is 2.73. The first-order valence-electron chi connectivity index (χ1n) is 6.31. The molecule has 2 atom stereocenters. The second kappa shape index (κ2) is 4.08. The fourth-order valence-corrected chi connectivity index (χ4v) is 2.89. The molecule has 90 valence electrons. The van der Waals surface area contributed by atoms with E-state index >= 15 is 0 Å². The van der Waals surface area contributed by atoms with E-state index in [1.807, 2.05) is 0 Å². The van der Waals surface area contributed by atoms with Gasteiger partial charge in [-0.25, -0.2) is 0 Å². The number of nitrogens with two attached hydrogens (primary N) is 2. The molecule has 3 nitrogen and oxygen atoms in total. The van der Waals surface area contributed by atoms with Gasteiger partial charge in [0, 0.05) is 24.0 Å². The second-order valence-electron chi connectivity index (χ2n) is 5.01. The number of nitrogens with zero attached hydrogens (tertiary/aromatic N) is 1. The smallest absolute Gasteiger partial charge is 0.0542 e. The monoisotopic (exact) mass is 229 g/mol. The number of fused-ring (bicyclic) bond motifs is 1. The van der Waals surface area contributed by atoms with Crippen molar-refractivity contribution < 1.29 is 0 Å². The third kappa shape index (κ3) is 1.91. The highest BCUT2D eigenvalue weighted by molar-refractivity contribution is 5.36. The Morgan fingerprint density at radius 1 is 1.24 bits per heavy atom. The van der Waals surface area contributed by atoms with Crippen LogP contribution in [0.25, 0.3) is 0 Å². The number of likely N-dealkylation sites (tertiary alicyclic amines) is 1. The van der Waals surface area contributed by atoms with Crippen molar-refractivity contribution in [3.63, 3.8) is 0 Å². The molecule has 0 radical (unpaired) electrons. The van der Waals surface area contributed by atoms with E-state index in [1.165, 1.54) is 11.3 Å². The van der Waals surface area contributed by atoms with Crippen LogP contribution in [0.15, 0.2) is 47.3 Å². The van der Waals surface area contributed by atoms with Gasteiger partial charge in [0.2, 0.25) is 0 Å². The van der Waals surface area contributed by atoms with Gasteiger partial charge in [0.05, 0.1) is 6.04 Å². The van der Waals surface area contributed by atoms with E-state index in [1.54, 1.807) is 0 Å². The van der Waals surface area contributed by atoms with Crippen molar-refractivity contribution in [2.75, 3.05) is 6.54 Å². The predicted molar refractivity (Wildman–Crippen MR) is 69.9 cm³/mol. The summed E-state index contributed by atoms with van der Waals surface area (Å²) >= 11 is 0. The van der Waals surface area contributed by atoms with E-state index in [4.69, 9.17) is 11.5 Å². The lowest BCUT2D eigenvalue weighted by Gasteiger charge is -2.30. The molecule has 0 bridgehead atoms. The van der Waals surface area contributed by atoms with Crippen LogP contribution < -0.4 is 11.5 Å². The Hall–Kier alpha value is -1.48. The average molecular weight is 229 g/mol. The van der Waals surface area contributed by atoms with E-state index < -0.39 is 0 Å². The summed E-state index contributed by atoms with van der Waals surface area (Å²) < 4.78 is 0. The number of hydrogen-bond donors (Lipinski definition) is 2. The van der Waals surface area contributed by atoms with Gasteiger partial charge in [-0.1, -0.05) is 18.2 Å². The van der Waals surface area contributed by atoms with Crippen LogP contribution in [-0.2, 0) is 0 Å². The van der Waals surface area contributed by atoms with Crippen molar-refractivity contribution in [1.29, 1.82) is 0 Å².